The van der Waals surface area contributed by atoms with E-state index in [0.717, 1.165) is 4.90 Å². The first-order valence-corrected chi connectivity index (χ1v) is 7.84. The lowest BCUT2D eigenvalue weighted by atomic mass is 9.96. The number of Topliss-reactive ketones (excluding diaryl/α,β-unsaturated/α-hetero) is 1. The lowest BCUT2D eigenvalue weighted by Crippen LogP contribution is -2.44. The zero-order chi connectivity index (χ0) is 19.0. The van der Waals surface area contributed by atoms with E-state index in [4.69, 9.17) is 0 Å². The summed E-state index contributed by atoms with van der Waals surface area (Å²) in [7, 11) is 1.56. The molecule has 25 heavy (non-hydrogen) atoms. The molecule has 3 amide bonds. The van der Waals surface area contributed by atoms with Crippen molar-refractivity contribution in [1.29, 1.82) is 0 Å². The predicted molar refractivity (Wildman–Crippen MR) is 99.9 cm³/mol. The Morgan fingerprint density at radius 3 is 2.36 bits per heavy atom. The molecular weight excluding hydrogens is 316 g/mol. The Kier molecular flexibility index (Phi) is 7.06. The van der Waals surface area contributed by atoms with Gasteiger partial charge in [0.25, 0.3) is 5.91 Å². The summed E-state index contributed by atoms with van der Waals surface area (Å²) in [4.78, 5) is 39.6. The smallest absolute Gasteiger partial charge is 0.313 e. The summed E-state index contributed by atoms with van der Waals surface area (Å²) in [5, 5.41) is 0. The third kappa shape index (κ3) is 4.53. The molecule has 0 aliphatic carbocycles. The van der Waals surface area contributed by atoms with Crippen LogP contribution < -0.4 is 0 Å². The fourth-order valence-corrected chi connectivity index (χ4v) is 2.32. The first-order chi connectivity index (χ1) is 11.8. The van der Waals surface area contributed by atoms with E-state index in [1.807, 2.05) is 0 Å². The second kappa shape index (κ2) is 8.78. The average molecular weight is 340 g/mol. The molecule has 1 aliphatic rings. The van der Waals surface area contributed by atoms with Gasteiger partial charge in [-0.25, -0.2) is 4.79 Å². The van der Waals surface area contributed by atoms with E-state index in [2.05, 4.69) is 19.7 Å². The summed E-state index contributed by atoms with van der Waals surface area (Å²) in [5.41, 5.74) is -0.806. The second-order valence-electron chi connectivity index (χ2n) is 5.80. The van der Waals surface area contributed by atoms with Gasteiger partial charge in [0.05, 0.1) is 6.54 Å². The van der Waals surface area contributed by atoms with Gasteiger partial charge in [-0.05, 0) is 13.3 Å². The molecule has 0 N–H and O–H groups in total. The maximum Gasteiger partial charge on any atom is 0.327 e. The minimum Gasteiger partial charge on any atom is -0.313 e. The van der Waals surface area contributed by atoms with Gasteiger partial charge in [-0.2, -0.15) is 0 Å². The van der Waals surface area contributed by atoms with Crippen LogP contribution in [0.1, 0.15) is 13.3 Å². The van der Waals surface area contributed by atoms with Gasteiger partial charge in [0.15, 0.2) is 5.78 Å². The molecule has 1 heterocycles. The van der Waals surface area contributed by atoms with Gasteiger partial charge in [-0.1, -0.05) is 68.3 Å². The Labute approximate surface area is 149 Å². The van der Waals surface area contributed by atoms with Gasteiger partial charge in [0, 0.05) is 12.6 Å². The topological polar surface area (TPSA) is 57.7 Å². The first kappa shape index (κ1) is 20.1. The van der Waals surface area contributed by atoms with Crippen LogP contribution in [0.15, 0.2) is 73.9 Å². The van der Waals surface area contributed by atoms with Crippen LogP contribution in [-0.4, -0.2) is 46.7 Å². The van der Waals surface area contributed by atoms with Crippen LogP contribution in [0.4, 0.5) is 4.79 Å². The second-order valence-corrected chi connectivity index (χ2v) is 5.80. The average Bonchev–Trinajstić information content (AvgIpc) is 2.75. The lowest BCUT2D eigenvalue weighted by Gasteiger charge is -2.26. The fraction of sp³-hybridized carbons (Fsp3) is 0.250. The van der Waals surface area contributed by atoms with Crippen molar-refractivity contribution in [2.45, 2.75) is 18.9 Å². The zero-order valence-corrected chi connectivity index (χ0v) is 14.8. The predicted octanol–water partition coefficient (Wildman–Crippen LogP) is 3.20. The minimum absolute atomic E-state index is 0.214. The molecule has 0 saturated carbocycles. The summed E-state index contributed by atoms with van der Waals surface area (Å²) >= 11 is 0. The number of imide groups is 1. The van der Waals surface area contributed by atoms with Crippen molar-refractivity contribution < 1.29 is 14.4 Å². The normalized spacial score (nSPS) is 21.0. The van der Waals surface area contributed by atoms with Crippen LogP contribution in [0.2, 0.25) is 0 Å². The molecule has 1 rings (SSSR count). The Bertz CT molecular complexity index is 685. The largest absolute Gasteiger partial charge is 0.327 e. The number of allylic oxidation sites excluding steroid dienone is 7. The Balaban J connectivity index is 2.89. The van der Waals surface area contributed by atoms with E-state index in [-0.39, 0.29) is 17.9 Å². The van der Waals surface area contributed by atoms with E-state index in [1.54, 1.807) is 50.4 Å². The molecule has 0 unspecified atom stereocenters. The summed E-state index contributed by atoms with van der Waals surface area (Å²) in [5.74, 6) is -0.784. The molecule has 0 aromatic carbocycles. The number of hydrogen-bond acceptors (Lipinski definition) is 3. The SMILES string of the molecule is C=C/C=C\C=C\C[C@@]1(C)C(=O)N(CC(=O)C(=C)/C=C\C=C)C(=O)N1C. The number of hydrogen-bond donors (Lipinski definition) is 0. The Hall–Kier alpha value is -2.95. The van der Waals surface area contributed by atoms with E-state index >= 15 is 0 Å². The molecule has 0 aromatic rings. The van der Waals surface area contributed by atoms with Gasteiger partial charge in [0.2, 0.25) is 0 Å². The molecule has 132 valence electrons. The van der Waals surface area contributed by atoms with E-state index in [9.17, 15) is 14.4 Å². The standard InChI is InChI=1S/C20H24N2O3/c1-6-8-10-11-12-14-20(4)18(24)22(19(25)21(20)5)15-17(23)16(3)13-9-7-2/h6-13H,1-3,14-15H2,4-5H3/b10-8-,12-11+,13-9-/t20-/m0/s1. The zero-order valence-electron chi connectivity index (χ0n) is 14.8. The van der Waals surface area contributed by atoms with Crippen molar-refractivity contribution in [2.75, 3.05) is 13.6 Å². The van der Waals surface area contributed by atoms with Crippen LogP contribution in [0.25, 0.3) is 0 Å². The van der Waals surface area contributed by atoms with Crippen molar-refractivity contribution >= 4 is 17.7 Å². The number of nitrogens with zero attached hydrogens (tertiary/aromatic N) is 2. The number of carbonyl (C=O) groups excluding carboxylic acids is 3. The molecule has 1 saturated heterocycles. The van der Waals surface area contributed by atoms with Crippen molar-refractivity contribution in [3.05, 3.63) is 73.9 Å². The molecule has 5 heteroatoms. The molecule has 0 radical (unpaired) electrons. The fourth-order valence-electron chi connectivity index (χ4n) is 2.32. The summed E-state index contributed by atoms with van der Waals surface area (Å²) in [6, 6.07) is -0.489. The summed E-state index contributed by atoms with van der Waals surface area (Å²) in [6.07, 6.45) is 13.7. The third-order valence-corrected chi connectivity index (χ3v) is 4.07. The maximum atomic E-state index is 12.7. The monoisotopic (exact) mass is 340 g/mol. The third-order valence-electron chi connectivity index (χ3n) is 4.07. The number of ketones is 1. The first-order valence-electron chi connectivity index (χ1n) is 7.84. The van der Waals surface area contributed by atoms with Crippen LogP contribution in [-0.2, 0) is 9.59 Å². The van der Waals surface area contributed by atoms with Crippen molar-refractivity contribution in [2.24, 2.45) is 0 Å². The number of amides is 3. The number of likely N-dealkylation sites (N-methyl/N-ethyl adjacent to an activating group) is 1. The summed E-state index contributed by atoms with van der Waals surface area (Å²) in [6.45, 7) is 12.1. The van der Waals surface area contributed by atoms with Crippen molar-refractivity contribution in [3.63, 3.8) is 0 Å². The molecule has 1 atom stereocenters. The van der Waals surface area contributed by atoms with E-state index < -0.39 is 17.5 Å². The highest BCUT2D eigenvalue weighted by Crippen LogP contribution is 2.30. The highest BCUT2D eigenvalue weighted by atomic mass is 16.2. The van der Waals surface area contributed by atoms with E-state index in [0.29, 0.717) is 6.42 Å². The molecule has 0 spiro atoms. The highest BCUT2D eigenvalue weighted by Gasteiger charge is 2.52. The van der Waals surface area contributed by atoms with E-state index in [1.165, 1.54) is 17.1 Å². The number of carbonyl (C=O) groups is 3. The molecule has 5 nitrogen and oxygen atoms in total. The summed E-state index contributed by atoms with van der Waals surface area (Å²) < 4.78 is 0. The van der Waals surface area contributed by atoms with Gasteiger partial charge >= 0.3 is 6.03 Å². The molecule has 1 fully saturated rings. The van der Waals surface area contributed by atoms with Gasteiger partial charge in [0.1, 0.15) is 5.54 Å². The Morgan fingerprint density at radius 2 is 1.76 bits per heavy atom. The quantitative estimate of drug-likeness (QED) is 0.368. The highest BCUT2D eigenvalue weighted by molar-refractivity contribution is 6.11. The maximum absolute atomic E-state index is 12.7. The Morgan fingerprint density at radius 1 is 1.12 bits per heavy atom. The van der Waals surface area contributed by atoms with Crippen LogP contribution in [0.5, 0.6) is 0 Å². The van der Waals surface area contributed by atoms with Gasteiger partial charge in [-0.3, -0.25) is 14.5 Å². The van der Waals surface area contributed by atoms with Gasteiger partial charge < -0.3 is 4.90 Å². The molecule has 0 bridgehead atoms. The molecular formula is C20H24N2O3. The molecule has 1 aliphatic heterocycles. The minimum atomic E-state index is -1.02. The van der Waals surface area contributed by atoms with Crippen LogP contribution in [0.3, 0.4) is 0 Å². The van der Waals surface area contributed by atoms with Crippen molar-refractivity contribution in [3.8, 4) is 0 Å². The number of urea groups is 1. The van der Waals surface area contributed by atoms with Crippen LogP contribution >= 0.6 is 0 Å². The number of rotatable bonds is 9. The van der Waals surface area contributed by atoms with Crippen LogP contribution in [0, 0.1) is 0 Å². The lowest BCUT2D eigenvalue weighted by molar-refractivity contribution is -0.134. The van der Waals surface area contributed by atoms with Crippen molar-refractivity contribution in [1.82, 2.24) is 9.80 Å². The molecule has 0 aromatic heterocycles. The van der Waals surface area contributed by atoms with Gasteiger partial charge in [-0.15, -0.1) is 0 Å².